The highest BCUT2D eigenvalue weighted by molar-refractivity contribution is 6.04. The molecule has 5 N–H and O–H groups in total. The van der Waals surface area contributed by atoms with Crippen LogP contribution in [0.15, 0.2) is 72.8 Å². The third-order valence-electron chi connectivity index (χ3n) is 6.92. The van der Waals surface area contributed by atoms with Crippen LogP contribution in [-0.2, 0) is 4.79 Å². The third kappa shape index (κ3) is 6.47. The third-order valence-corrected chi connectivity index (χ3v) is 6.92. The van der Waals surface area contributed by atoms with Gasteiger partial charge in [0.1, 0.15) is 0 Å². The van der Waals surface area contributed by atoms with Crippen molar-refractivity contribution >= 4 is 40.3 Å². The summed E-state index contributed by atoms with van der Waals surface area (Å²) in [7, 11) is 0. The van der Waals surface area contributed by atoms with Crippen LogP contribution in [0.5, 0.6) is 0 Å². The molecule has 0 aromatic heterocycles. The predicted molar refractivity (Wildman–Crippen MR) is 148 cm³/mol. The van der Waals surface area contributed by atoms with E-state index in [1.807, 2.05) is 72.8 Å². The summed E-state index contributed by atoms with van der Waals surface area (Å²) in [5.74, 6) is -0.152. The number of benzene rings is 3. The molecule has 192 valence electrons. The second-order valence-corrected chi connectivity index (χ2v) is 9.64. The summed E-state index contributed by atoms with van der Waals surface area (Å²) in [6.45, 7) is 2.54. The molecule has 1 atom stereocenters. The SMILES string of the molecule is O=C(Nc1ccc(Nc2ccc(NC(=O)C3CCCN3)cc2)cc1)c1ccc(N2CCC(O)CC2)cc1. The summed E-state index contributed by atoms with van der Waals surface area (Å²) in [6, 6.07) is 22.6. The van der Waals surface area contributed by atoms with Gasteiger partial charge in [-0.3, -0.25) is 9.59 Å². The van der Waals surface area contributed by atoms with Crippen LogP contribution in [0.3, 0.4) is 0 Å². The number of nitrogens with zero attached hydrogens (tertiary/aromatic N) is 1. The number of aliphatic hydroxyl groups excluding tert-OH is 1. The number of piperidine rings is 1. The molecular weight excluding hydrogens is 466 g/mol. The minimum atomic E-state index is -0.207. The maximum atomic E-state index is 12.7. The van der Waals surface area contributed by atoms with E-state index in [2.05, 4.69) is 26.2 Å². The molecule has 37 heavy (non-hydrogen) atoms. The number of hydrogen-bond donors (Lipinski definition) is 5. The van der Waals surface area contributed by atoms with Gasteiger partial charge in [0.2, 0.25) is 5.91 Å². The first kappa shape index (κ1) is 24.8. The Balaban J connectivity index is 1.12. The Labute approximate surface area is 217 Å². The van der Waals surface area contributed by atoms with E-state index in [0.717, 1.165) is 68.1 Å². The maximum Gasteiger partial charge on any atom is 0.255 e. The summed E-state index contributed by atoms with van der Waals surface area (Å²) in [5.41, 5.74) is 4.94. The fraction of sp³-hybridized carbons (Fsp3) is 0.310. The number of anilines is 5. The number of nitrogens with one attached hydrogen (secondary N) is 4. The van der Waals surface area contributed by atoms with Crippen molar-refractivity contribution in [3.8, 4) is 0 Å². The van der Waals surface area contributed by atoms with Crippen molar-refractivity contribution in [1.29, 1.82) is 0 Å². The Kier molecular flexibility index (Phi) is 7.67. The van der Waals surface area contributed by atoms with Crippen LogP contribution in [0.25, 0.3) is 0 Å². The van der Waals surface area contributed by atoms with Crippen LogP contribution in [0.2, 0.25) is 0 Å². The molecule has 2 aliphatic rings. The minimum Gasteiger partial charge on any atom is -0.393 e. The molecular formula is C29H33N5O3. The Bertz CT molecular complexity index is 1200. The van der Waals surface area contributed by atoms with Crippen LogP contribution < -0.4 is 26.2 Å². The predicted octanol–water partition coefficient (Wildman–Crippen LogP) is 4.33. The quantitative estimate of drug-likeness (QED) is 0.331. The highest BCUT2D eigenvalue weighted by Crippen LogP contribution is 2.23. The molecule has 0 aliphatic carbocycles. The van der Waals surface area contributed by atoms with Crippen molar-refractivity contribution in [2.45, 2.75) is 37.8 Å². The number of hydrogen-bond acceptors (Lipinski definition) is 6. The van der Waals surface area contributed by atoms with Crippen LogP contribution in [-0.4, -0.2) is 48.7 Å². The lowest BCUT2D eigenvalue weighted by Gasteiger charge is -2.31. The summed E-state index contributed by atoms with van der Waals surface area (Å²) >= 11 is 0. The molecule has 0 spiro atoms. The van der Waals surface area contributed by atoms with Gasteiger partial charge in [-0.05, 0) is 105 Å². The van der Waals surface area contributed by atoms with Gasteiger partial charge in [-0.1, -0.05) is 0 Å². The molecule has 2 amide bonds. The second-order valence-electron chi connectivity index (χ2n) is 9.64. The van der Waals surface area contributed by atoms with Crippen LogP contribution in [0.1, 0.15) is 36.0 Å². The molecule has 3 aromatic carbocycles. The van der Waals surface area contributed by atoms with Crippen molar-refractivity contribution in [3.05, 3.63) is 78.4 Å². The molecule has 2 saturated heterocycles. The average molecular weight is 500 g/mol. The Morgan fingerprint density at radius 2 is 1.32 bits per heavy atom. The molecule has 2 aliphatic heterocycles. The molecule has 1 unspecified atom stereocenters. The average Bonchev–Trinajstić information content (AvgIpc) is 3.47. The lowest BCUT2D eigenvalue weighted by atomic mass is 10.1. The number of rotatable bonds is 7. The monoisotopic (exact) mass is 499 g/mol. The van der Waals surface area contributed by atoms with Crippen LogP contribution in [0, 0.1) is 0 Å². The van der Waals surface area contributed by atoms with Gasteiger partial charge < -0.3 is 31.3 Å². The van der Waals surface area contributed by atoms with E-state index in [1.54, 1.807) is 0 Å². The first-order valence-corrected chi connectivity index (χ1v) is 12.9. The van der Waals surface area contributed by atoms with Crippen LogP contribution in [0.4, 0.5) is 28.4 Å². The van der Waals surface area contributed by atoms with Crippen molar-refractivity contribution in [2.75, 3.05) is 40.5 Å². The molecule has 3 aromatic rings. The van der Waals surface area contributed by atoms with Gasteiger partial charge in [-0.15, -0.1) is 0 Å². The van der Waals surface area contributed by atoms with Crippen molar-refractivity contribution in [3.63, 3.8) is 0 Å². The van der Waals surface area contributed by atoms with E-state index >= 15 is 0 Å². The van der Waals surface area contributed by atoms with Gasteiger partial charge in [-0.25, -0.2) is 0 Å². The summed E-state index contributed by atoms with van der Waals surface area (Å²) in [6.07, 6.45) is 3.24. The summed E-state index contributed by atoms with van der Waals surface area (Å²) in [4.78, 5) is 27.2. The van der Waals surface area contributed by atoms with Gasteiger partial charge in [-0.2, -0.15) is 0 Å². The summed E-state index contributed by atoms with van der Waals surface area (Å²) in [5, 5.41) is 22.1. The van der Waals surface area contributed by atoms with E-state index < -0.39 is 0 Å². The lowest BCUT2D eigenvalue weighted by molar-refractivity contribution is -0.117. The molecule has 8 heteroatoms. The zero-order valence-corrected chi connectivity index (χ0v) is 20.7. The van der Waals surface area contributed by atoms with E-state index in [4.69, 9.17) is 0 Å². The first-order valence-electron chi connectivity index (χ1n) is 12.9. The smallest absolute Gasteiger partial charge is 0.255 e. The molecule has 0 radical (unpaired) electrons. The van der Waals surface area contributed by atoms with Gasteiger partial charge in [0.15, 0.2) is 0 Å². The standard InChI is InChI=1S/C29H33N5O3/c35-26-15-18-34(19-16-26)25-13-3-20(4-14-25)28(36)32-23-9-5-21(6-10-23)31-22-7-11-24(12-8-22)33-29(37)27-2-1-17-30-27/h3-14,26-27,30-31,35H,1-2,15-19H2,(H,32,36)(H,33,37). The van der Waals surface area contributed by atoms with Gasteiger partial charge in [0, 0.05) is 47.1 Å². The normalized spacial score (nSPS) is 17.9. The largest absolute Gasteiger partial charge is 0.393 e. The van der Waals surface area contributed by atoms with Crippen LogP contribution >= 0.6 is 0 Å². The topological polar surface area (TPSA) is 106 Å². The van der Waals surface area contributed by atoms with Gasteiger partial charge in [0.05, 0.1) is 12.1 Å². The zero-order chi connectivity index (χ0) is 25.6. The van der Waals surface area contributed by atoms with Gasteiger partial charge in [0.25, 0.3) is 5.91 Å². The Morgan fingerprint density at radius 1 is 0.757 bits per heavy atom. The second kappa shape index (κ2) is 11.5. The molecule has 0 saturated carbocycles. The molecule has 8 nitrogen and oxygen atoms in total. The number of aliphatic hydroxyl groups is 1. The maximum absolute atomic E-state index is 12.7. The Hall–Kier alpha value is -3.88. The lowest BCUT2D eigenvalue weighted by Crippen LogP contribution is -2.35. The zero-order valence-electron chi connectivity index (χ0n) is 20.7. The molecule has 2 fully saturated rings. The van der Waals surface area contributed by atoms with Crippen molar-refractivity contribution < 1.29 is 14.7 Å². The summed E-state index contributed by atoms with van der Waals surface area (Å²) < 4.78 is 0. The fourth-order valence-electron chi connectivity index (χ4n) is 4.73. The van der Waals surface area contributed by atoms with E-state index in [-0.39, 0.29) is 24.0 Å². The first-order chi connectivity index (χ1) is 18.0. The highest BCUT2D eigenvalue weighted by atomic mass is 16.3. The fourth-order valence-corrected chi connectivity index (χ4v) is 4.73. The molecule has 2 heterocycles. The van der Waals surface area contributed by atoms with Gasteiger partial charge >= 0.3 is 0 Å². The highest BCUT2D eigenvalue weighted by Gasteiger charge is 2.22. The molecule has 0 bridgehead atoms. The van der Waals surface area contributed by atoms with Crippen molar-refractivity contribution in [2.24, 2.45) is 0 Å². The number of carbonyl (C=O) groups excluding carboxylic acids is 2. The number of amides is 2. The Morgan fingerprint density at radius 3 is 1.89 bits per heavy atom. The van der Waals surface area contributed by atoms with Crippen molar-refractivity contribution in [1.82, 2.24) is 5.32 Å². The van der Waals surface area contributed by atoms with E-state index in [9.17, 15) is 14.7 Å². The minimum absolute atomic E-state index is 0.00882. The van der Waals surface area contributed by atoms with E-state index in [1.165, 1.54) is 0 Å². The van der Waals surface area contributed by atoms with E-state index in [0.29, 0.717) is 11.3 Å². The molecule has 5 rings (SSSR count). The number of carbonyl (C=O) groups is 2.